The van der Waals surface area contributed by atoms with Gasteiger partial charge in [0.15, 0.2) is 0 Å². The summed E-state index contributed by atoms with van der Waals surface area (Å²) in [5.74, 6) is 0.933. The Bertz CT molecular complexity index is 1210. The molecule has 0 fully saturated rings. The Balaban J connectivity index is 1.65. The number of carbonyl (C=O) groups excluding carboxylic acids is 2. The Morgan fingerprint density at radius 1 is 1.03 bits per heavy atom. The van der Waals surface area contributed by atoms with E-state index >= 15 is 0 Å². The van der Waals surface area contributed by atoms with Crippen LogP contribution in [-0.4, -0.2) is 68.5 Å². The van der Waals surface area contributed by atoms with Crippen molar-refractivity contribution in [1.29, 1.82) is 0 Å². The first-order valence-corrected chi connectivity index (χ1v) is 12.4. The molecule has 188 valence electrons. The molecule has 0 spiro atoms. The lowest BCUT2D eigenvalue weighted by molar-refractivity contribution is -0.133. The van der Waals surface area contributed by atoms with Gasteiger partial charge in [0.05, 0.1) is 37.5 Å². The first-order chi connectivity index (χ1) is 17.5. The van der Waals surface area contributed by atoms with Crippen LogP contribution in [0.2, 0.25) is 0 Å². The van der Waals surface area contributed by atoms with Gasteiger partial charge >= 0.3 is 0 Å². The zero-order valence-electron chi connectivity index (χ0n) is 20.5. The monoisotopic (exact) mass is 507 g/mol. The molecule has 1 atom stereocenters. The lowest BCUT2D eigenvalue weighted by Gasteiger charge is -2.27. The summed E-state index contributed by atoms with van der Waals surface area (Å²) < 4.78 is 16.1. The van der Waals surface area contributed by atoms with Gasteiger partial charge in [-0.1, -0.05) is 24.3 Å². The molecular formula is C27H29N3O5S. The summed E-state index contributed by atoms with van der Waals surface area (Å²) in [6, 6.07) is 18.4. The third-order valence-electron chi connectivity index (χ3n) is 6.00. The predicted molar refractivity (Wildman–Crippen MR) is 139 cm³/mol. The van der Waals surface area contributed by atoms with Crippen LogP contribution < -0.4 is 9.47 Å². The quantitative estimate of drug-likeness (QED) is 0.410. The van der Waals surface area contributed by atoms with Gasteiger partial charge in [-0.2, -0.15) is 5.10 Å². The van der Waals surface area contributed by atoms with E-state index < -0.39 is 0 Å². The number of nitrogens with zero attached hydrogens (tertiary/aromatic N) is 3. The molecule has 2 amide bonds. The van der Waals surface area contributed by atoms with Gasteiger partial charge in [0.2, 0.25) is 0 Å². The van der Waals surface area contributed by atoms with Gasteiger partial charge in [-0.15, -0.1) is 11.3 Å². The fourth-order valence-corrected chi connectivity index (χ4v) is 4.82. The van der Waals surface area contributed by atoms with Crippen LogP contribution in [0.1, 0.15) is 33.3 Å². The molecule has 8 nitrogen and oxygen atoms in total. The number of benzene rings is 2. The highest BCUT2D eigenvalue weighted by atomic mass is 32.1. The van der Waals surface area contributed by atoms with Crippen molar-refractivity contribution >= 4 is 28.9 Å². The van der Waals surface area contributed by atoms with Crippen LogP contribution in [0.4, 0.5) is 0 Å². The van der Waals surface area contributed by atoms with E-state index in [4.69, 9.17) is 19.3 Å². The minimum atomic E-state index is -0.369. The molecule has 0 aliphatic carbocycles. The van der Waals surface area contributed by atoms with E-state index in [1.54, 1.807) is 27.4 Å². The predicted octanol–water partition coefficient (Wildman–Crippen LogP) is 4.23. The van der Waals surface area contributed by atoms with E-state index in [0.29, 0.717) is 30.2 Å². The molecule has 9 heteroatoms. The fourth-order valence-electron chi connectivity index (χ4n) is 4.13. The largest absolute Gasteiger partial charge is 0.497 e. The van der Waals surface area contributed by atoms with Crippen molar-refractivity contribution < 1.29 is 23.8 Å². The number of rotatable bonds is 10. The number of carbonyl (C=O) groups is 2. The molecule has 0 N–H and O–H groups in total. The Hall–Kier alpha value is -3.69. The topological polar surface area (TPSA) is 80.7 Å². The molecule has 1 aliphatic heterocycles. The molecule has 2 aromatic carbocycles. The zero-order chi connectivity index (χ0) is 25.5. The first-order valence-electron chi connectivity index (χ1n) is 11.5. The molecule has 2 heterocycles. The summed E-state index contributed by atoms with van der Waals surface area (Å²) in [5, 5.41) is 8.07. The summed E-state index contributed by atoms with van der Waals surface area (Å²) in [6.45, 7) is 0.493. The third kappa shape index (κ3) is 5.58. The van der Waals surface area contributed by atoms with Crippen molar-refractivity contribution in [3.05, 3.63) is 82.0 Å². The number of amides is 2. The van der Waals surface area contributed by atoms with Crippen molar-refractivity contribution in [1.82, 2.24) is 9.91 Å². The second kappa shape index (κ2) is 11.8. The second-order valence-electron chi connectivity index (χ2n) is 8.17. The van der Waals surface area contributed by atoms with Gasteiger partial charge in [0.25, 0.3) is 11.8 Å². The number of ether oxygens (including phenoxy) is 3. The molecule has 1 unspecified atom stereocenters. The van der Waals surface area contributed by atoms with Crippen LogP contribution in [0.25, 0.3) is 0 Å². The number of hydrogen-bond donors (Lipinski definition) is 0. The van der Waals surface area contributed by atoms with Crippen LogP contribution in [0.3, 0.4) is 0 Å². The molecule has 36 heavy (non-hydrogen) atoms. The fraction of sp³-hybridized carbons (Fsp3) is 0.296. The molecule has 4 rings (SSSR count). The van der Waals surface area contributed by atoms with Gasteiger partial charge in [-0.25, -0.2) is 5.01 Å². The van der Waals surface area contributed by atoms with E-state index in [2.05, 4.69) is 0 Å². The van der Waals surface area contributed by atoms with Crippen LogP contribution in [0.15, 0.2) is 71.1 Å². The molecule has 1 aliphatic rings. The second-order valence-corrected chi connectivity index (χ2v) is 9.12. The number of hydrazone groups is 1. The Labute approximate surface area is 214 Å². The van der Waals surface area contributed by atoms with Crippen molar-refractivity contribution in [2.75, 3.05) is 41.0 Å². The van der Waals surface area contributed by atoms with Crippen molar-refractivity contribution in [2.24, 2.45) is 5.10 Å². The van der Waals surface area contributed by atoms with Crippen molar-refractivity contribution in [3.8, 4) is 11.5 Å². The molecule has 1 aromatic heterocycles. The number of thiophene rings is 1. The van der Waals surface area contributed by atoms with E-state index in [-0.39, 0.29) is 24.4 Å². The highest BCUT2D eigenvalue weighted by Crippen LogP contribution is 2.37. The summed E-state index contributed by atoms with van der Waals surface area (Å²) in [7, 11) is 4.80. The van der Waals surface area contributed by atoms with Crippen LogP contribution in [-0.2, 0) is 9.53 Å². The van der Waals surface area contributed by atoms with Gasteiger partial charge in [-0.3, -0.25) is 9.59 Å². The molecule has 0 bridgehead atoms. The number of methoxy groups -OCH3 is 3. The van der Waals surface area contributed by atoms with E-state index in [1.165, 1.54) is 21.2 Å². The lowest BCUT2D eigenvalue weighted by Crippen LogP contribution is -2.42. The normalized spacial score (nSPS) is 14.9. The summed E-state index contributed by atoms with van der Waals surface area (Å²) in [6.07, 6.45) is 0.509. The van der Waals surface area contributed by atoms with Crippen LogP contribution in [0, 0.1) is 0 Å². The van der Waals surface area contributed by atoms with Crippen LogP contribution in [0.5, 0.6) is 11.5 Å². The Kier molecular flexibility index (Phi) is 8.35. The SMILES string of the molecule is COCCN(CC(=O)N1N=C(c2ccc(OC)cc2)CC1c1ccccc1OC)C(=O)c1cccs1. The molecule has 0 saturated carbocycles. The smallest absolute Gasteiger partial charge is 0.264 e. The summed E-state index contributed by atoms with van der Waals surface area (Å²) in [4.78, 5) is 28.9. The van der Waals surface area contributed by atoms with Crippen molar-refractivity contribution in [3.63, 3.8) is 0 Å². The molecule has 0 saturated heterocycles. The highest BCUT2D eigenvalue weighted by Gasteiger charge is 2.36. The highest BCUT2D eigenvalue weighted by molar-refractivity contribution is 7.12. The van der Waals surface area contributed by atoms with Gasteiger partial charge in [0.1, 0.15) is 18.0 Å². The van der Waals surface area contributed by atoms with E-state index in [0.717, 1.165) is 22.6 Å². The zero-order valence-corrected chi connectivity index (χ0v) is 21.4. The van der Waals surface area contributed by atoms with Gasteiger partial charge in [0, 0.05) is 25.6 Å². The maximum absolute atomic E-state index is 13.7. The third-order valence-corrected chi connectivity index (χ3v) is 6.86. The Morgan fingerprint density at radius 2 is 1.81 bits per heavy atom. The van der Waals surface area contributed by atoms with Crippen molar-refractivity contribution in [2.45, 2.75) is 12.5 Å². The number of para-hydroxylation sites is 1. The average molecular weight is 508 g/mol. The lowest BCUT2D eigenvalue weighted by atomic mass is 9.97. The standard InChI is InChI=1S/C27H29N3O5S/c1-33-15-14-29(27(32)25-9-6-16-36-25)18-26(31)30-23(21-7-4-5-8-24(21)35-3)17-22(28-30)19-10-12-20(34-2)13-11-19/h4-13,16,23H,14-15,17-18H2,1-3H3. The maximum Gasteiger partial charge on any atom is 0.264 e. The molecular weight excluding hydrogens is 478 g/mol. The van der Waals surface area contributed by atoms with Gasteiger partial charge in [-0.05, 0) is 47.3 Å². The molecule has 0 radical (unpaired) electrons. The van der Waals surface area contributed by atoms with E-state index in [1.807, 2.05) is 60.0 Å². The first kappa shape index (κ1) is 25.4. The molecule has 3 aromatic rings. The van der Waals surface area contributed by atoms with Crippen LogP contribution >= 0.6 is 11.3 Å². The van der Waals surface area contributed by atoms with E-state index in [9.17, 15) is 9.59 Å². The van der Waals surface area contributed by atoms with Gasteiger partial charge < -0.3 is 19.1 Å². The summed E-state index contributed by atoms with van der Waals surface area (Å²) in [5.41, 5.74) is 2.53. The minimum Gasteiger partial charge on any atom is -0.497 e. The average Bonchev–Trinajstić information content (AvgIpc) is 3.61. The maximum atomic E-state index is 13.7. The number of hydrogen-bond acceptors (Lipinski definition) is 7. The summed E-state index contributed by atoms with van der Waals surface area (Å²) >= 11 is 1.34. The Morgan fingerprint density at radius 3 is 2.47 bits per heavy atom. The minimum absolute atomic E-state index is 0.120.